The van der Waals surface area contributed by atoms with E-state index in [4.69, 9.17) is 19.3 Å². The van der Waals surface area contributed by atoms with Crippen molar-refractivity contribution >= 4 is 40.7 Å². The number of benzene rings is 1. The van der Waals surface area contributed by atoms with Crippen molar-refractivity contribution in [3.63, 3.8) is 0 Å². The van der Waals surface area contributed by atoms with E-state index in [1.807, 2.05) is 0 Å². The summed E-state index contributed by atoms with van der Waals surface area (Å²) in [6, 6.07) is 6.70. The summed E-state index contributed by atoms with van der Waals surface area (Å²) < 4.78 is 15.6. The number of para-hydroxylation sites is 1. The normalized spacial score (nSPS) is 11.0. The number of carbonyl (C=O) groups is 3. The van der Waals surface area contributed by atoms with Crippen LogP contribution in [0.15, 0.2) is 50.2 Å². The van der Waals surface area contributed by atoms with Gasteiger partial charge in [0.15, 0.2) is 5.43 Å². The predicted molar refractivity (Wildman–Crippen MR) is 108 cm³/mol. The Hall–Kier alpha value is -4.14. The highest BCUT2D eigenvalue weighted by Gasteiger charge is 2.28. The molecule has 154 valence electrons. The lowest BCUT2D eigenvalue weighted by atomic mass is 10.1. The van der Waals surface area contributed by atoms with Gasteiger partial charge in [-0.1, -0.05) is 12.1 Å². The highest BCUT2D eigenvalue weighted by Crippen LogP contribution is 2.27. The van der Waals surface area contributed by atoms with Crippen LogP contribution >= 0.6 is 0 Å². The van der Waals surface area contributed by atoms with Crippen molar-refractivity contribution in [3.05, 3.63) is 69.3 Å². The van der Waals surface area contributed by atoms with E-state index in [0.717, 1.165) is 6.08 Å². The number of aryl methyl sites for hydroxylation is 1. The Morgan fingerprint density at radius 3 is 2.63 bits per heavy atom. The number of furan rings is 1. The van der Waals surface area contributed by atoms with Crippen molar-refractivity contribution in [2.24, 2.45) is 5.73 Å². The van der Waals surface area contributed by atoms with Gasteiger partial charge in [0.05, 0.1) is 17.6 Å². The predicted octanol–water partition coefficient (Wildman–Crippen LogP) is 2.62. The second-order valence-corrected chi connectivity index (χ2v) is 6.16. The number of rotatable bonds is 6. The van der Waals surface area contributed by atoms with Gasteiger partial charge in [-0.3, -0.25) is 19.7 Å². The fourth-order valence-corrected chi connectivity index (χ4v) is 2.84. The van der Waals surface area contributed by atoms with Crippen LogP contribution in [0.5, 0.6) is 0 Å². The summed E-state index contributed by atoms with van der Waals surface area (Å²) in [4.78, 5) is 48.7. The van der Waals surface area contributed by atoms with Gasteiger partial charge in [0.1, 0.15) is 28.7 Å². The second kappa shape index (κ2) is 8.48. The van der Waals surface area contributed by atoms with E-state index in [2.05, 4.69) is 5.32 Å². The molecule has 3 rings (SSSR count). The number of fused-ring (bicyclic) bond motifs is 1. The molecule has 2 amide bonds. The summed E-state index contributed by atoms with van der Waals surface area (Å²) in [5, 5.41) is 2.72. The number of nitrogens with one attached hydrogen (secondary N) is 1. The lowest BCUT2D eigenvalue weighted by molar-refractivity contribution is -0.111. The molecule has 9 heteroatoms. The number of hydrogen-bond acceptors (Lipinski definition) is 7. The summed E-state index contributed by atoms with van der Waals surface area (Å²) >= 11 is 0. The first-order valence-corrected chi connectivity index (χ1v) is 8.93. The number of hydrogen-bond donors (Lipinski definition) is 2. The van der Waals surface area contributed by atoms with E-state index in [0.29, 0.717) is 11.0 Å². The maximum atomic E-state index is 12.5. The molecule has 0 saturated heterocycles. The maximum Gasteiger partial charge on any atom is 0.342 e. The van der Waals surface area contributed by atoms with Gasteiger partial charge in [0.2, 0.25) is 5.88 Å². The first-order chi connectivity index (χ1) is 14.3. The summed E-state index contributed by atoms with van der Waals surface area (Å²) in [6.45, 7) is 3.12. The number of amides is 2. The second-order valence-electron chi connectivity index (χ2n) is 6.16. The van der Waals surface area contributed by atoms with E-state index >= 15 is 0 Å². The molecule has 0 spiro atoms. The molecule has 0 atom stereocenters. The Morgan fingerprint density at radius 2 is 1.93 bits per heavy atom. The Kier molecular flexibility index (Phi) is 5.82. The van der Waals surface area contributed by atoms with Crippen LogP contribution < -0.4 is 16.5 Å². The molecule has 0 fully saturated rings. The molecule has 3 N–H and O–H groups in total. The van der Waals surface area contributed by atoms with Crippen LogP contribution in [0.1, 0.15) is 39.0 Å². The molecule has 0 bridgehead atoms. The van der Waals surface area contributed by atoms with Gasteiger partial charge in [0, 0.05) is 6.08 Å². The van der Waals surface area contributed by atoms with E-state index in [1.165, 1.54) is 19.3 Å². The zero-order valence-electron chi connectivity index (χ0n) is 16.2. The standard InChI is InChI=1S/C21H18N2O7/c1-3-28-21(27)16-11(2)30-20(17(16)19(22)26)23-15(24)9-8-12-10-29-14-7-5-4-6-13(14)18(12)25/h4-10H,3H2,1-2H3,(H2,22,26)(H,23,24)/b9-8+. The first-order valence-electron chi connectivity index (χ1n) is 8.93. The van der Waals surface area contributed by atoms with E-state index in [1.54, 1.807) is 31.2 Å². The summed E-state index contributed by atoms with van der Waals surface area (Å²) in [6.07, 6.45) is 3.56. The average molecular weight is 410 g/mol. The fourth-order valence-electron chi connectivity index (χ4n) is 2.84. The minimum atomic E-state index is -0.968. The van der Waals surface area contributed by atoms with Gasteiger partial charge >= 0.3 is 5.97 Å². The number of ether oxygens (including phenoxy) is 1. The fraction of sp³-hybridized carbons (Fsp3) is 0.143. The van der Waals surface area contributed by atoms with Crippen LogP contribution in [0.4, 0.5) is 5.88 Å². The number of esters is 1. The van der Waals surface area contributed by atoms with Gasteiger partial charge < -0.3 is 19.3 Å². The third kappa shape index (κ3) is 4.00. The highest BCUT2D eigenvalue weighted by atomic mass is 16.5. The van der Waals surface area contributed by atoms with Crippen molar-refractivity contribution in [1.82, 2.24) is 0 Å². The van der Waals surface area contributed by atoms with Crippen molar-refractivity contribution in [1.29, 1.82) is 0 Å². The van der Waals surface area contributed by atoms with Crippen molar-refractivity contribution < 1.29 is 28.0 Å². The van der Waals surface area contributed by atoms with E-state index in [-0.39, 0.29) is 40.4 Å². The molecule has 0 aliphatic carbocycles. The highest BCUT2D eigenvalue weighted by molar-refractivity contribution is 6.12. The summed E-state index contributed by atoms with van der Waals surface area (Å²) in [5.41, 5.74) is 5.17. The summed E-state index contributed by atoms with van der Waals surface area (Å²) in [7, 11) is 0. The largest absolute Gasteiger partial charge is 0.463 e. The molecular weight excluding hydrogens is 392 g/mol. The maximum absolute atomic E-state index is 12.5. The van der Waals surface area contributed by atoms with Crippen LogP contribution in [0.3, 0.4) is 0 Å². The van der Waals surface area contributed by atoms with Gasteiger partial charge in [0.25, 0.3) is 11.8 Å². The van der Waals surface area contributed by atoms with Crippen molar-refractivity contribution in [2.45, 2.75) is 13.8 Å². The third-order valence-electron chi connectivity index (χ3n) is 4.17. The lowest BCUT2D eigenvalue weighted by Gasteiger charge is -2.03. The van der Waals surface area contributed by atoms with E-state index < -0.39 is 17.8 Å². The molecule has 2 heterocycles. The molecule has 3 aromatic rings. The molecule has 2 aromatic heterocycles. The molecular formula is C21H18N2O7. The van der Waals surface area contributed by atoms with Crippen LogP contribution in [0, 0.1) is 6.92 Å². The minimum Gasteiger partial charge on any atom is -0.463 e. The quantitative estimate of drug-likeness (QED) is 0.470. The van der Waals surface area contributed by atoms with Crippen LogP contribution in [-0.2, 0) is 9.53 Å². The monoisotopic (exact) mass is 410 g/mol. The number of primary amides is 1. The molecule has 9 nitrogen and oxygen atoms in total. The van der Waals surface area contributed by atoms with Gasteiger partial charge in [-0.25, -0.2) is 4.79 Å². The lowest BCUT2D eigenvalue weighted by Crippen LogP contribution is -2.19. The number of nitrogens with two attached hydrogens (primary N) is 1. The van der Waals surface area contributed by atoms with Gasteiger partial charge in [-0.05, 0) is 32.1 Å². The molecule has 0 aliphatic heterocycles. The van der Waals surface area contributed by atoms with Crippen LogP contribution in [0.25, 0.3) is 17.0 Å². The Bertz CT molecular complexity index is 1230. The molecule has 0 saturated carbocycles. The molecule has 0 unspecified atom stereocenters. The topological polar surface area (TPSA) is 142 Å². The molecule has 0 aliphatic rings. The molecule has 30 heavy (non-hydrogen) atoms. The SMILES string of the molecule is CCOC(=O)c1c(C)oc(NC(=O)/C=C/c2coc3ccccc3c2=O)c1C(N)=O. The Balaban J connectivity index is 1.87. The first kappa shape index (κ1) is 20.6. The molecule has 1 aromatic carbocycles. The number of carbonyl (C=O) groups excluding carboxylic acids is 3. The van der Waals surface area contributed by atoms with Crippen LogP contribution in [0.2, 0.25) is 0 Å². The third-order valence-corrected chi connectivity index (χ3v) is 4.17. The Labute approximate surface area is 170 Å². The Morgan fingerprint density at radius 1 is 1.20 bits per heavy atom. The zero-order valence-corrected chi connectivity index (χ0v) is 16.2. The van der Waals surface area contributed by atoms with Crippen molar-refractivity contribution in [3.8, 4) is 0 Å². The number of anilines is 1. The molecule has 0 radical (unpaired) electrons. The summed E-state index contributed by atoms with van der Waals surface area (Å²) in [5.74, 6) is -2.70. The van der Waals surface area contributed by atoms with E-state index in [9.17, 15) is 19.2 Å². The average Bonchev–Trinajstić information content (AvgIpc) is 3.03. The zero-order chi connectivity index (χ0) is 21.8. The van der Waals surface area contributed by atoms with Crippen molar-refractivity contribution in [2.75, 3.05) is 11.9 Å². The van der Waals surface area contributed by atoms with Crippen LogP contribution in [-0.4, -0.2) is 24.4 Å². The van der Waals surface area contributed by atoms with Gasteiger partial charge in [-0.15, -0.1) is 0 Å². The minimum absolute atomic E-state index is 0.0664. The smallest absolute Gasteiger partial charge is 0.342 e. The van der Waals surface area contributed by atoms with Gasteiger partial charge in [-0.2, -0.15) is 0 Å².